The van der Waals surface area contributed by atoms with E-state index in [-0.39, 0.29) is 0 Å². The predicted molar refractivity (Wildman–Crippen MR) is 139 cm³/mol. The lowest BCUT2D eigenvalue weighted by atomic mass is 10.2. The number of para-hydroxylation sites is 1. The lowest BCUT2D eigenvalue weighted by Crippen LogP contribution is -2.24. The van der Waals surface area contributed by atoms with Crippen molar-refractivity contribution in [3.05, 3.63) is 93.2 Å². The fraction of sp³-hybridized carbons (Fsp3) is 0.0435. The van der Waals surface area contributed by atoms with Crippen molar-refractivity contribution in [3.8, 4) is 17.1 Å². The Balaban J connectivity index is 1.76. The van der Waals surface area contributed by atoms with Crippen molar-refractivity contribution in [3.63, 3.8) is 0 Å². The Hall–Kier alpha value is -2.84. The highest BCUT2D eigenvalue weighted by atomic mass is 35.5. The predicted octanol–water partition coefficient (Wildman–Crippen LogP) is 7.09. The summed E-state index contributed by atoms with van der Waals surface area (Å²) in [6, 6.07) is 22.3. The lowest BCUT2D eigenvalue weighted by Gasteiger charge is -2.17. The molecule has 5 nitrogen and oxygen atoms in total. The molecule has 0 radical (unpaired) electrons. The van der Waals surface area contributed by atoms with Gasteiger partial charge in [0.2, 0.25) is 10.7 Å². The van der Waals surface area contributed by atoms with E-state index in [9.17, 15) is 0 Å². The number of hydrogen-bond donors (Lipinski definition) is 2. The molecule has 2 N–H and O–H groups in total. The Kier molecular flexibility index (Phi) is 6.81. The molecule has 0 saturated heterocycles. The maximum absolute atomic E-state index is 6.06. The van der Waals surface area contributed by atoms with Crippen LogP contribution in [0, 0.1) is 11.7 Å². The second kappa shape index (κ2) is 9.75. The Morgan fingerprint density at radius 1 is 0.844 bits per heavy atom. The summed E-state index contributed by atoms with van der Waals surface area (Å²) in [5.41, 5.74) is 3.50. The van der Waals surface area contributed by atoms with Gasteiger partial charge in [0.15, 0.2) is 10.9 Å². The minimum atomic E-state index is 0.313. The summed E-state index contributed by atoms with van der Waals surface area (Å²) < 4.78 is 2.02. The molecule has 4 rings (SSSR count). The van der Waals surface area contributed by atoms with Gasteiger partial charge in [0.05, 0.1) is 5.69 Å². The third-order valence-electron chi connectivity index (χ3n) is 4.62. The van der Waals surface area contributed by atoms with Crippen molar-refractivity contribution in [1.82, 2.24) is 14.5 Å². The van der Waals surface area contributed by atoms with Crippen LogP contribution in [0.3, 0.4) is 0 Å². The van der Waals surface area contributed by atoms with Crippen LogP contribution < -0.4 is 10.6 Å². The summed E-state index contributed by atoms with van der Waals surface area (Å²) >= 11 is 23.3. The topological polar surface area (TPSA) is 54.8 Å². The van der Waals surface area contributed by atoms with E-state index in [1.165, 1.54) is 0 Å². The molecule has 0 aliphatic heterocycles. The number of rotatable bonds is 4. The molecule has 0 fully saturated rings. The first kappa shape index (κ1) is 22.4. The van der Waals surface area contributed by atoms with Gasteiger partial charge >= 0.3 is 0 Å². The molecule has 1 aromatic heterocycles. The first-order valence-corrected chi connectivity index (χ1v) is 11.1. The zero-order valence-electron chi connectivity index (χ0n) is 16.8. The average molecular weight is 498 g/mol. The van der Waals surface area contributed by atoms with Gasteiger partial charge in [0, 0.05) is 21.3 Å². The Labute approximate surface area is 206 Å². The molecule has 0 spiro atoms. The summed E-state index contributed by atoms with van der Waals surface area (Å²) in [6.45, 7) is 2.00. The summed E-state index contributed by atoms with van der Waals surface area (Å²) in [7, 11) is 0. The van der Waals surface area contributed by atoms with Gasteiger partial charge in [-0.05, 0) is 91.5 Å². The van der Waals surface area contributed by atoms with E-state index in [0.717, 1.165) is 22.5 Å². The molecule has 0 amide bonds. The molecule has 32 heavy (non-hydrogen) atoms. The fourth-order valence-corrected chi connectivity index (χ4v) is 3.74. The van der Waals surface area contributed by atoms with Gasteiger partial charge in [0.25, 0.3) is 0 Å². The smallest absolute Gasteiger partial charge is 0.218 e. The number of anilines is 2. The van der Waals surface area contributed by atoms with E-state index >= 15 is 0 Å². The number of nitrogens with one attached hydrogen (secondary N) is 2. The first-order valence-electron chi connectivity index (χ1n) is 9.57. The molecule has 4 aromatic rings. The Morgan fingerprint density at radius 2 is 1.47 bits per heavy atom. The summed E-state index contributed by atoms with van der Waals surface area (Å²) in [6.07, 6.45) is 0. The highest BCUT2D eigenvalue weighted by molar-refractivity contribution is 7.80. The van der Waals surface area contributed by atoms with Crippen LogP contribution in [0.15, 0.2) is 72.8 Å². The van der Waals surface area contributed by atoms with Gasteiger partial charge in [-0.2, -0.15) is 9.97 Å². The van der Waals surface area contributed by atoms with Crippen LogP contribution in [-0.4, -0.2) is 19.6 Å². The molecule has 0 atom stereocenters. The molecule has 0 unspecified atom stereocenters. The maximum Gasteiger partial charge on any atom is 0.218 e. The second-order valence-electron chi connectivity index (χ2n) is 6.87. The van der Waals surface area contributed by atoms with Crippen LogP contribution in [0.25, 0.3) is 17.1 Å². The normalized spacial score (nSPS) is 10.6. The van der Waals surface area contributed by atoms with Crippen LogP contribution in [0.2, 0.25) is 10.0 Å². The molecular weight excluding hydrogens is 481 g/mol. The van der Waals surface area contributed by atoms with E-state index in [1.54, 1.807) is 28.8 Å². The minimum absolute atomic E-state index is 0.313. The van der Waals surface area contributed by atoms with E-state index < -0.39 is 0 Å². The van der Waals surface area contributed by atoms with E-state index in [1.807, 2.05) is 55.5 Å². The number of nitrogens with zero attached hydrogens (tertiary/aromatic N) is 3. The standard InChI is InChI=1S/C23H17Cl2N5S2/c1-14-4-2-3-5-19(14)26-22(31)29-21-27-20(15-6-8-16(24)9-7-15)28-23(32)30(21)18-12-10-17(25)11-13-18/h2-13H,1H3,(H2,26,27,28,29,31,32). The van der Waals surface area contributed by atoms with Crippen molar-refractivity contribution in [2.24, 2.45) is 0 Å². The summed E-state index contributed by atoms with van der Waals surface area (Å²) in [5.74, 6) is 0.876. The fourth-order valence-electron chi connectivity index (χ4n) is 3.01. The van der Waals surface area contributed by atoms with E-state index in [2.05, 4.69) is 15.6 Å². The largest absolute Gasteiger partial charge is 0.332 e. The maximum atomic E-state index is 6.06. The van der Waals surface area contributed by atoms with Gasteiger partial charge in [0.1, 0.15) is 0 Å². The minimum Gasteiger partial charge on any atom is -0.332 e. The SMILES string of the molecule is Cc1ccccc1NC(=S)Nc1nc(-c2ccc(Cl)cc2)nc(=S)n1-c1ccc(Cl)cc1. The second-order valence-corrected chi connectivity index (χ2v) is 8.51. The van der Waals surface area contributed by atoms with Crippen LogP contribution in [0.4, 0.5) is 11.6 Å². The van der Waals surface area contributed by atoms with Crippen molar-refractivity contribution < 1.29 is 0 Å². The Morgan fingerprint density at radius 3 is 2.12 bits per heavy atom. The molecule has 0 saturated carbocycles. The van der Waals surface area contributed by atoms with Crippen LogP contribution >= 0.6 is 47.6 Å². The third kappa shape index (κ3) is 5.14. The number of aryl methyl sites for hydroxylation is 1. The van der Waals surface area contributed by atoms with Gasteiger partial charge in [-0.1, -0.05) is 41.4 Å². The third-order valence-corrected chi connectivity index (χ3v) is 5.60. The van der Waals surface area contributed by atoms with Crippen molar-refractivity contribution >= 4 is 64.4 Å². The Bertz CT molecular complexity index is 1340. The average Bonchev–Trinajstić information content (AvgIpc) is 2.76. The van der Waals surface area contributed by atoms with Crippen LogP contribution in [0.1, 0.15) is 5.56 Å². The molecule has 160 valence electrons. The highest BCUT2D eigenvalue weighted by Crippen LogP contribution is 2.23. The van der Waals surface area contributed by atoms with E-state index in [0.29, 0.717) is 31.7 Å². The highest BCUT2D eigenvalue weighted by Gasteiger charge is 2.14. The zero-order valence-corrected chi connectivity index (χ0v) is 20.0. The van der Waals surface area contributed by atoms with Crippen LogP contribution in [-0.2, 0) is 0 Å². The number of hydrogen-bond acceptors (Lipinski definition) is 4. The quantitative estimate of drug-likeness (QED) is 0.293. The molecule has 0 aliphatic carbocycles. The molecular formula is C23H17Cl2N5S2. The molecule has 3 aromatic carbocycles. The number of thiocarbonyl (C=S) groups is 1. The zero-order chi connectivity index (χ0) is 22.7. The summed E-state index contributed by atoms with van der Waals surface area (Å²) in [4.78, 5) is 9.23. The van der Waals surface area contributed by atoms with Gasteiger partial charge < -0.3 is 10.6 Å². The van der Waals surface area contributed by atoms with Crippen molar-refractivity contribution in [1.29, 1.82) is 0 Å². The van der Waals surface area contributed by atoms with Crippen molar-refractivity contribution in [2.45, 2.75) is 6.92 Å². The van der Waals surface area contributed by atoms with Crippen LogP contribution in [0.5, 0.6) is 0 Å². The molecule has 9 heteroatoms. The monoisotopic (exact) mass is 497 g/mol. The number of benzene rings is 3. The van der Waals surface area contributed by atoms with Gasteiger partial charge in [-0.25, -0.2) is 0 Å². The lowest BCUT2D eigenvalue weighted by molar-refractivity contribution is 0.915. The molecule has 1 heterocycles. The van der Waals surface area contributed by atoms with Gasteiger partial charge in [-0.15, -0.1) is 0 Å². The summed E-state index contributed by atoms with van der Waals surface area (Å²) in [5, 5.41) is 7.99. The van der Waals surface area contributed by atoms with Crippen molar-refractivity contribution in [2.75, 3.05) is 10.6 Å². The first-order chi connectivity index (χ1) is 15.4. The number of aromatic nitrogens is 3. The molecule has 0 bridgehead atoms. The number of halogens is 2. The van der Waals surface area contributed by atoms with E-state index in [4.69, 9.17) is 52.6 Å². The molecule has 0 aliphatic rings. The van der Waals surface area contributed by atoms with Gasteiger partial charge in [-0.3, -0.25) is 4.57 Å².